The number of ether oxygens (including phenoxy) is 2. The van der Waals surface area contributed by atoms with Crippen LogP contribution in [0.4, 0.5) is 0 Å². The molecule has 0 N–H and O–H groups in total. The summed E-state index contributed by atoms with van der Waals surface area (Å²) >= 11 is 0. The second-order valence-electron chi connectivity index (χ2n) is 4.90. The first kappa shape index (κ1) is 17.2. The summed E-state index contributed by atoms with van der Waals surface area (Å²) in [5.41, 5.74) is 3.21. The number of allylic oxidation sites excluding steroid dienone is 2. The predicted octanol–water partition coefficient (Wildman–Crippen LogP) is 3.64. The number of benzene rings is 2. The highest BCUT2D eigenvalue weighted by atomic mass is 16.5. The molecule has 0 bridgehead atoms. The van der Waals surface area contributed by atoms with Crippen molar-refractivity contribution in [3.05, 3.63) is 78.4 Å². The SMILES string of the molecule is COC(=O)C=CC=C(C(=O)OC)c1ccc(-c2ccccc2)cc1. The Morgan fingerprint density at radius 2 is 1.46 bits per heavy atom. The minimum atomic E-state index is -0.491. The molecule has 0 amide bonds. The molecule has 0 fully saturated rings. The largest absolute Gasteiger partial charge is 0.466 e. The fourth-order valence-electron chi connectivity index (χ4n) is 2.16. The van der Waals surface area contributed by atoms with E-state index in [9.17, 15) is 9.59 Å². The molecule has 0 aliphatic heterocycles. The Balaban J connectivity index is 2.30. The van der Waals surface area contributed by atoms with E-state index >= 15 is 0 Å². The van der Waals surface area contributed by atoms with E-state index in [2.05, 4.69) is 4.74 Å². The van der Waals surface area contributed by atoms with Gasteiger partial charge in [-0.05, 0) is 22.8 Å². The molecule has 0 aliphatic carbocycles. The first-order valence-corrected chi connectivity index (χ1v) is 7.36. The number of hydrogen-bond donors (Lipinski definition) is 0. The molecule has 122 valence electrons. The Morgan fingerprint density at radius 3 is 2.04 bits per heavy atom. The zero-order valence-electron chi connectivity index (χ0n) is 13.6. The van der Waals surface area contributed by atoms with Gasteiger partial charge in [0.05, 0.1) is 19.8 Å². The Morgan fingerprint density at radius 1 is 0.833 bits per heavy atom. The van der Waals surface area contributed by atoms with Gasteiger partial charge < -0.3 is 9.47 Å². The molecular weight excluding hydrogens is 304 g/mol. The highest BCUT2D eigenvalue weighted by Crippen LogP contribution is 2.23. The summed E-state index contributed by atoms with van der Waals surface area (Å²) in [5, 5.41) is 0. The van der Waals surface area contributed by atoms with Gasteiger partial charge in [-0.3, -0.25) is 0 Å². The van der Waals surface area contributed by atoms with Crippen LogP contribution < -0.4 is 0 Å². The maximum absolute atomic E-state index is 12.0. The molecule has 2 aromatic rings. The molecule has 0 unspecified atom stereocenters. The topological polar surface area (TPSA) is 52.6 Å². The van der Waals surface area contributed by atoms with Crippen molar-refractivity contribution in [3.8, 4) is 11.1 Å². The molecule has 0 aromatic heterocycles. The molecule has 2 rings (SSSR count). The summed E-state index contributed by atoms with van der Waals surface area (Å²) in [5.74, 6) is -0.966. The van der Waals surface area contributed by atoms with Crippen LogP contribution in [0.2, 0.25) is 0 Å². The lowest BCUT2D eigenvalue weighted by molar-refractivity contribution is -0.135. The van der Waals surface area contributed by atoms with E-state index in [1.165, 1.54) is 32.4 Å². The van der Waals surface area contributed by atoms with Gasteiger partial charge in [-0.15, -0.1) is 0 Å². The van der Waals surface area contributed by atoms with E-state index in [0.29, 0.717) is 11.1 Å². The van der Waals surface area contributed by atoms with Crippen molar-refractivity contribution in [3.63, 3.8) is 0 Å². The predicted molar refractivity (Wildman–Crippen MR) is 93.0 cm³/mol. The molecule has 4 nitrogen and oxygen atoms in total. The minimum absolute atomic E-state index is 0.359. The van der Waals surface area contributed by atoms with Crippen molar-refractivity contribution in [2.24, 2.45) is 0 Å². The van der Waals surface area contributed by atoms with E-state index in [1.54, 1.807) is 0 Å². The Labute approximate surface area is 141 Å². The number of carbonyl (C=O) groups excluding carboxylic acids is 2. The fourth-order valence-corrected chi connectivity index (χ4v) is 2.16. The molecule has 0 atom stereocenters. The first-order valence-electron chi connectivity index (χ1n) is 7.36. The molecule has 2 aromatic carbocycles. The van der Waals surface area contributed by atoms with Gasteiger partial charge in [-0.2, -0.15) is 0 Å². The van der Waals surface area contributed by atoms with Crippen molar-refractivity contribution in [1.82, 2.24) is 0 Å². The highest BCUT2D eigenvalue weighted by Gasteiger charge is 2.11. The van der Waals surface area contributed by atoms with Crippen LogP contribution >= 0.6 is 0 Å². The third-order valence-corrected chi connectivity index (χ3v) is 3.40. The fraction of sp³-hybridized carbons (Fsp3) is 0.100. The summed E-state index contributed by atoms with van der Waals surface area (Å²) in [6.07, 6.45) is 4.23. The van der Waals surface area contributed by atoms with E-state index in [0.717, 1.165) is 11.1 Å². The van der Waals surface area contributed by atoms with E-state index in [-0.39, 0.29) is 0 Å². The number of hydrogen-bond acceptors (Lipinski definition) is 4. The lowest BCUT2D eigenvalue weighted by Crippen LogP contribution is -2.03. The summed E-state index contributed by atoms with van der Waals surface area (Å²) in [7, 11) is 2.61. The number of carbonyl (C=O) groups is 2. The van der Waals surface area contributed by atoms with Crippen LogP contribution in [0.1, 0.15) is 5.56 Å². The molecule has 0 saturated carbocycles. The Hall–Kier alpha value is -3.14. The molecule has 24 heavy (non-hydrogen) atoms. The van der Waals surface area contributed by atoms with Crippen LogP contribution in [0, 0.1) is 0 Å². The summed E-state index contributed by atoms with van der Waals surface area (Å²) in [4.78, 5) is 23.1. The van der Waals surface area contributed by atoms with Crippen LogP contribution in [-0.2, 0) is 19.1 Å². The van der Waals surface area contributed by atoms with Gasteiger partial charge in [-0.25, -0.2) is 9.59 Å². The lowest BCUT2D eigenvalue weighted by atomic mass is 10.00. The number of rotatable bonds is 5. The summed E-state index contributed by atoms with van der Waals surface area (Å²) in [6, 6.07) is 17.5. The highest BCUT2D eigenvalue weighted by molar-refractivity contribution is 6.16. The van der Waals surface area contributed by atoms with Crippen molar-refractivity contribution >= 4 is 17.5 Å². The molecular formula is C20H18O4. The molecule has 0 saturated heterocycles. The van der Waals surface area contributed by atoms with Gasteiger partial charge in [0.25, 0.3) is 0 Å². The van der Waals surface area contributed by atoms with Crippen LogP contribution in [0.15, 0.2) is 72.8 Å². The monoisotopic (exact) mass is 322 g/mol. The Bertz CT molecular complexity index is 756. The van der Waals surface area contributed by atoms with Crippen molar-refractivity contribution in [2.75, 3.05) is 14.2 Å². The Kier molecular flexibility index (Phi) is 6.08. The minimum Gasteiger partial charge on any atom is -0.466 e. The maximum Gasteiger partial charge on any atom is 0.338 e. The van der Waals surface area contributed by atoms with Gasteiger partial charge in [0.2, 0.25) is 0 Å². The number of esters is 2. The van der Waals surface area contributed by atoms with Gasteiger partial charge in [0.15, 0.2) is 0 Å². The van der Waals surface area contributed by atoms with E-state index in [1.807, 2.05) is 54.6 Å². The van der Waals surface area contributed by atoms with E-state index < -0.39 is 11.9 Å². The smallest absolute Gasteiger partial charge is 0.338 e. The molecule has 0 heterocycles. The molecule has 0 spiro atoms. The van der Waals surface area contributed by atoms with E-state index in [4.69, 9.17) is 4.74 Å². The third kappa shape index (κ3) is 4.43. The van der Waals surface area contributed by atoms with Gasteiger partial charge in [-0.1, -0.05) is 60.7 Å². The van der Waals surface area contributed by atoms with Gasteiger partial charge in [0.1, 0.15) is 0 Å². The van der Waals surface area contributed by atoms with Crippen LogP contribution in [0.25, 0.3) is 16.7 Å². The zero-order chi connectivity index (χ0) is 17.4. The van der Waals surface area contributed by atoms with Gasteiger partial charge in [0, 0.05) is 6.08 Å². The number of methoxy groups -OCH3 is 2. The van der Waals surface area contributed by atoms with Crippen LogP contribution in [-0.4, -0.2) is 26.2 Å². The average molecular weight is 322 g/mol. The summed E-state index contributed by atoms with van der Waals surface area (Å²) in [6.45, 7) is 0. The standard InChI is InChI=1S/C20H18O4/c1-23-19(21)10-6-9-18(20(22)24-2)17-13-11-16(12-14-17)15-7-4-3-5-8-15/h3-14H,1-2H3. The normalized spacial score (nSPS) is 11.3. The maximum atomic E-state index is 12.0. The third-order valence-electron chi connectivity index (χ3n) is 3.40. The quantitative estimate of drug-likeness (QED) is 0.479. The summed E-state index contributed by atoms with van der Waals surface area (Å²) < 4.78 is 9.33. The second-order valence-corrected chi connectivity index (χ2v) is 4.90. The van der Waals surface area contributed by atoms with Crippen molar-refractivity contribution < 1.29 is 19.1 Å². The second kappa shape index (κ2) is 8.48. The van der Waals surface area contributed by atoms with Crippen molar-refractivity contribution in [2.45, 2.75) is 0 Å². The van der Waals surface area contributed by atoms with Crippen LogP contribution in [0.5, 0.6) is 0 Å². The zero-order valence-corrected chi connectivity index (χ0v) is 13.6. The molecule has 4 heteroatoms. The first-order chi connectivity index (χ1) is 11.7. The molecule has 0 aliphatic rings. The lowest BCUT2D eigenvalue weighted by Gasteiger charge is -2.07. The van der Waals surface area contributed by atoms with Crippen LogP contribution in [0.3, 0.4) is 0 Å². The molecule has 0 radical (unpaired) electrons. The van der Waals surface area contributed by atoms with Crippen molar-refractivity contribution in [1.29, 1.82) is 0 Å². The van der Waals surface area contributed by atoms with Gasteiger partial charge >= 0.3 is 11.9 Å². The average Bonchev–Trinajstić information content (AvgIpc) is 2.65.